The second kappa shape index (κ2) is 5.05. The highest BCUT2D eigenvalue weighted by atomic mass is 16.3. The maximum absolute atomic E-state index is 12.2. The van der Waals surface area contributed by atoms with Gasteiger partial charge in [-0.15, -0.1) is 0 Å². The molecule has 0 fully saturated rings. The Hall–Kier alpha value is -3.42. The summed E-state index contributed by atoms with van der Waals surface area (Å²) in [7, 11) is 0. The van der Waals surface area contributed by atoms with E-state index >= 15 is 0 Å². The van der Waals surface area contributed by atoms with Crippen molar-refractivity contribution in [2.24, 2.45) is 11.5 Å². The number of carbonyl (C=O) groups excluding carboxylic acids is 2. The third-order valence-electron chi connectivity index (χ3n) is 3.91. The van der Waals surface area contributed by atoms with Crippen LogP contribution < -0.4 is 22.6 Å². The number of carbonyl (C=O) groups is 2. The number of benzene rings is 2. The Labute approximate surface area is 135 Å². The topological polar surface area (TPSA) is 155 Å². The zero-order chi connectivity index (χ0) is 17.8. The fraction of sp³-hybridized carbons (Fsp3) is 0.125. The Kier molecular flexibility index (Phi) is 3.26. The molecule has 0 radical (unpaired) electrons. The lowest BCUT2D eigenvalue weighted by molar-refractivity contribution is 0.0993. The molecule has 6 N–H and O–H groups in total. The standard InChI is InChI=1S/C16H14N4O4/c1-5-3-4-7(15(18)22)10-13(5)24-14-6(2)12(21)9(17)8(16(19)23)11(14)20-10/h3-4H,17H2,1-2H3,(H2,18,22)(H2,19,23). The number of nitrogen functional groups attached to an aromatic ring is 1. The molecule has 2 aliphatic rings. The smallest absolute Gasteiger partial charge is 0.253 e. The van der Waals surface area contributed by atoms with E-state index < -0.39 is 17.2 Å². The number of aromatic nitrogens is 1. The summed E-state index contributed by atoms with van der Waals surface area (Å²) in [5, 5.41) is 0. The summed E-state index contributed by atoms with van der Waals surface area (Å²) in [6.07, 6.45) is 0. The van der Waals surface area contributed by atoms with Crippen LogP contribution in [0.5, 0.6) is 0 Å². The zero-order valence-corrected chi connectivity index (χ0v) is 13.0. The maximum atomic E-state index is 12.2. The lowest BCUT2D eigenvalue weighted by atomic mass is 10.00. The van der Waals surface area contributed by atoms with E-state index in [-0.39, 0.29) is 39.3 Å². The number of nitrogens with zero attached hydrogens (tertiary/aromatic N) is 1. The number of primary amides is 2. The molecule has 0 aromatic heterocycles. The Morgan fingerprint density at radius 1 is 1.12 bits per heavy atom. The van der Waals surface area contributed by atoms with Crippen molar-refractivity contribution in [2.45, 2.75) is 13.8 Å². The molecular weight excluding hydrogens is 312 g/mol. The molecule has 1 aromatic rings. The molecule has 1 aliphatic heterocycles. The Balaban J connectivity index is 2.64. The van der Waals surface area contributed by atoms with E-state index in [4.69, 9.17) is 21.6 Å². The minimum Gasteiger partial charge on any atom is -0.452 e. The zero-order valence-electron chi connectivity index (χ0n) is 13.0. The van der Waals surface area contributed by atoms with Crippen molar-refractivity contribution in [1.82, 2.24) is 4.98 Å². The third-order valence-corrected chi connectivity index (χ3v) is 3.91. The molecule has 122 valence electrons. The number of rotatable bonds is 2. The van der Waals surface area contributed by atoms with Gasteiger partial charge < -0.3 is 21.6 Å². The average Bonchev–Trinajstić information content (AvgIpc) is 2.51. The van der Waals surface area contributed by atoms with E-state index in [1.165, 1.54) is 13.0 Å². The predicted molar refractivity (Wildman–Crippen MR) is 87.8 cm³/mol. The minimum atomic E-state index is -0.912. The van der Waals surface area contributed by atoms with Crippen LogP contribution in [-0.2, 0) is 0 Å². The first-order valence-electron chi connectivity index (χ1n) is 6.99. The van der Waals surface area contributed by atoms with Crippen molar-refractivity contribution in [1.29, 1.82) is 0 Å². The monoisotopic (exact) mass is 326 g/mol. The normalized spacial score (nSPS) is 11.1. The SMILES string of the molecule is Cc1c2oc3c(C)ccc(C(N)=O)c3nc-2c(C(N)=O)c(N)c1=O. The van der Waals surface area contributed by atoms with Gasteiger partial charge in [0.1, 0.15) is 11.2 Å². The van der Waals surface area contributed by atoms with Gasteiger partial charge in [-0.25, -0.2) is 4.98 Å². The Morgan fingerprint density at radius 2 is 1.79 bits per heavy atom. The molecule has 8 heteroatoms. The molecule has 0 bridgehead atoms. The highest BCUT2D eigenvalue weighted by molar-refractivity contribution is 6.07. The highest BCUT2D eigenvalue weighted by Crippen LogP contribution is 2.33. The molecule has 24 heavy (non-hydrogen) atoms. The number of hydrogen-bond acceptors (Lipinski definition) is 6. The summed E-state index contributed by atoms with van der Waals surface area (Å²) in [5.41, 5.74) is 16.9. The molecule has 0 saturated carbocycles. The fourth-order valence-corrected chi connectivity index (χ4v) is 2.64. The maximum Gasteiger partial charge on any atom is 0.253 e. The number of anilines is 1. The minimum absolute atomic E-state index is 0.0256. The average molecular weight is 326 g/mol. The number of hydrogen-bond donors (Lipinski definition) is 3. The molecule has 3 rings (SSSR count). The number of aryl methyl sites for hydroxylation is 1. The Morgan fingerprint density at radius 3 is 2.38 bits per heavy atom. The molecule has 0 atom stereocenters. The van der Waals surface area contributed by atoms with Crippen LogP contribution in [0.2, 0.25) is 0 Å². The second-order valence-electron chi connectivity index (χ2n) is 5.47. The summed E-state index contributed by atoms with van der Waals surface area (Å²) >= 11 is 0. The van der Waals surface area contributed by atoms with Crippen molar-refractivity contribution >= 4 is 28.6 Å². The van der Waals surface area contributed by atoms with E-state index in [0.717, 1.165) is 0 Å². The van der Waals surface area contributed by atoms with Crippen molar-refractivity contribution in [3.05, 3.63) is 44.6 Å². The summed E-state index contributed by atoms with van der Waals surface area (Å²) in [6, 6.07) is 3.16. The van der Waals surface area contributed by atoms with Gasteiger partial charge in [0.15, 0.2) is 11.3 Å². The molecule has 0 unspecified atom stereocenters. The van der Waals surface area contributed by atoms with Crippen molar-refractivity contribution in [3.8, 4) is 11.5 Å². The largest absolute Gasteiger partial charge is 0.452 e. The summed E-state index contributed by atoms with van der Waals surface area (Å²) < 4.78 is 5.79. The molecule has 0 spiro atoms. The van der Waals surface area contributed by atoms with Crippen molar-refractivity contribution in [3.63, 3.8) is 0 Å². The van der Waals surface area contributed by atoms with Crippen LogP contribution in [0.4, 0.5) is 5.69 Å². The van der Waals surface area contributed by atoms with Crippen LogP contribution in [0.15, 0.2) is 21.3 Å². The predicted octanol–water partition coefficient (Wildman–Crippen LogP) is 0.690. The van der Waals surface area contributed by atoms with Crippen molar-refractivity contribution in [2.75, 3.05) is 5.73 Å². The molecule has 8 nitrogen and oxygen atoms in total. The van der Waals surface area contributed by atoms with Crippen LogP contribution >= 0.6 is 0 Å². The fourth-order valence-electron chi connectivity index (χ4n) is 2.64. The number of nitrogens with two attached hydrogens (primary N) is 3. The van der Waals surface area contributed by atoms with E-state index in [0.29, 0.717) is 11.1 Å². The van der Waals surface area contributed by atoms with Gasteiger partial charge >= 0.3 is 0 Å². The molecule has 1 aromatic carbocycles. The van der Waals surface area contributed by atoms with Gasteiger partial charge in [0.25, 0.3) is 11.8 Å². The summed E-state index contributed by atoms with van der Waals surface area (Å²) in [6.45, 7) is 3.26. The number of amides is 2. The van der Waals surface area contributed by atoms with E-state index in [9.17, 15) is 14.4 Å². The van der Waals surface area contributed by atoms with Gasteiger partial charge in [-0.1, -0.05) is 6.07 Å². The lowest BCUT2D eigenvalue weighted by Gasteiger charge is -2.15. The number of fused-ring (bicyclic) bond motifs is 2. The van der Waals surface area contributed by atoms with Gasteiger partial charge in [0, 0.05) is 5.56 Å². The molecule has 1 heterocycles. The first-order chi connectivity index (χ1) is 11.2. The van der Waals surface area contributed by atoms with Crippen molar-refractivity contribution < 1.29 is 14.0 Å². The third kappa shape index (κ3) is 2.00. The van der Waals surface area contributed by atoms with Gasteiger partial charge in [-0.05, 0) is 25.5 Å². The van der Waals surface area contributed by atoms with E-state index in [2.05, 4.69) is 4.98 Å². The molecular formula is C16H14N4O4. The quantitative estimate of drug-likeness (QED) is 0.464. The molecule has 0 saturated heterocycles. The molecule has 2 amide bonds. The van der Waals surface area contributed by atoms with E-state index in [1.54, 1.807) is 13.0 Å². The van der Waals surface area contributed by atoms with Gasteiger partial charge in [0.2, 0.25) is 5.43 Å². The molecule has 1 aliphatic carbocycles. The van der Waals surface area contributed by atoms with Gasteiger partial charge in [-0.3, -0.25) is 14.4 Å². The van der Waals surface area contributed by atoms with Crippen LogP contribution in [0.25, 0.3) is 22.6 Å². The van der Waals surface area contributed by atoms with Gasteiger partial charge in [-0.2, -0.15) is 0 Å². The summed E-state index contributed by atoms with van der Waals surface area (Å²) in [5.74, 6) is -1.52. The van der Waals surface area contributed by atoms with Crippen LogP contribution in [0.3, 0.4) is 0 Å². The van der Waals surface area contributed by atoms with Crippen LogP contribution in [-0.4, -0.2) is 16.8 Å². The van der Waals surface area contributed by atoms with E-state index in [1.807, 2.05) is 0 Å². The summed E-state index contributed by atoms with van der Waals surface area (Å²) in [4.78, 5) is 39.9. The van der Waals surface area contributed by atoms with Crippen LogP contribution in [0.1, 0.15) is 31.8 Å². The van der Waals surface area contributed by atoms with Gasteiger partial charge in [0.05, 0.1) is 16.8 Å². The van der Waals surface area contributed by atoms with Crippen LogP contribution in [0, 0.1) is 13.8 Å². The highest BCUT2D eigenvalue weighted by Gasteiger charge is 2.27. The Bertz CT molecular complexity index is 1070. The first kappa shape index (κ1) is 15.5. The lowest BCUT2D eigenvalue weighted by Crippen LogP contribution is -2.24. The second-order valence-corrected chi connectivity index (χ2v) is 5.47. The first-order valence-corrected chi connectivity index (χ1v) is 6.99.